The molecule has 0 radical (unpaired) electrons. The summed E-state index contributed by atoms with van der Waals surface area (Å²) in [5.41, 5.74) is 3.07. The molecule has 1 heterocycles. The standard InChI is InChI=1S/C12H15ClN2OS/c1-6-8(13)5-9(16-3)11-10(6)7(2)14-12(15-11)17-4/h5,7H,1-4H3,(H,14,15). The number of fused-ring (bicyclic) bond motifs is 1. The van der Waals surface area contributed by atoms with Crippen LogP contribution in [0.4, 0.5) is 5.69 Å². The van der Waals surface area contributed by atoms with E-state index in [0.29, 0.717) is 0 Å². The Labute approximate surface area is 111 Å². The van der Waals surface area contributed by atoms with Crippen molar-refractivity contribution in [3.63, 3.8) is 0 Å². The zero-order valence-corrected chi connectivity index (χ0v) is 11.9. The van der Waals surface area contributed by atoms with Crippen molar-refractivity contribution in [1.82, 2.24) is 5.32 Å². The second-order valence-electron chi connectivity index (χ2n) is 3.94. The van der Waals surface area contributed by atoms with Crippen molar-refractivity contribution >= 4 is 34.2 Å². The molecule has 92 valence electrons. The lowest BCUT2D eigenvalue weighted by Crippen LogP contribution is -2.27. The molecule has 1 unspecified atom stereocenters. The second kappa shape index (κ2) is 4.78. The first kappa shape index (κ1) is 12.6. The zero-order chi connectivity index (χ0) is 12.6. The molecule has 1 aromatic carbocycles. The Bertz CT molecular complexity index is 488. The molecule has 1 aliphatic heterocycles. The van der Waals surface area contributed by atoms with Crippen LogP contribution >= 0.6 is 23.4 Å². The van der Waals surface area contributed by atoms with E-state index >= 15 is 0 Å². The summed E-state index contributed by atoms with van der Waals surface area (Å²) >= 11 is 7.80. The van der Waals surface area contributed by atoms with Gasteiger partial charge in [0, 0.05) is 16.7 Å². The van der Waals surface area contributed by atoms with Crippen molar-refractivity contribution in [2.24, 2.45) is 4.99 Å². The van der Waals surface area contributed by atoms with Gasteiger partial charge in [-0.05, 0) is 25.7 Å². The molecule has 1 atom stereocenters. The third kappa shape index (κ3) is 2.11. The van der Waals surface area contributed by atoms with Crippen molar-refractivity contribution in [1.29, 1.82) is 0 Å². The molecule has 1 aliphatic rings. The average molecular weight is 271 g/mol. The first-order valence-corrected chi connectivity index (χ1v) is 6.95. The minimum absolute atomic E-state index is 0.192. The molecule has 5 heteroatoms. The number of amidine groups is 1. The number of benzene rings is 1. The van der Waals surface area contributed by atoms with E-state index in [1.54, 1.807) is 18.9 Å². The number of nitrogens with one attached hydrogen (secondary N) is 1. The molecule has 0 aliphatic carbocycles. The third-order valence-electron chi connectivity index (χ3n) is 2.91. The van der Waals surface area contributed by atoms with Crippen LogP contribution in [0.25, 0.3) is 0 Å². The molecule has 0 saturated heterocycles. The monoisotopic (exact) mass is 270 g/mol. The third-order valence-corrected chi connectivity index (χ3v) is 3.90. The lowest BCUT2D eigenvalue weighted by Gasteiger charge is -2.26. The summed E-state index contributed by atoms with van der Waals surface area (Å²) in [6, 6.07) is 2.02. The van der Waals surface area contributed by atoms with Gasteiger partial charge in [0.2, 0.25) is 0 Å². The highest BCUT2D eigenvalue weighted by atomic mass is 35.5. The van der Waals surface area contributed by atoms with Crippen LogP contribution < -0.4 is 10.1 Å². The van der Waals surface area contributed by atoms with Crippen molar-refractivity contribution in [2.75, 3.05) is 13.4 Å². The molecular formula is C12H15ClN2OS. The topological polar surface area (TPSA) is 33.6 Å². The molecule has 0 spiro atoms. The number of hydrogen-bond donors (Lipinski definition) is 1. The Morgan fingerprint density at radius 3 is 2.82 bits per heavy atom. The van der Waals surface area contributed by atoms with Crippen LogP contribution in [0.5, 0.6) is 5.75 Å². The van der Waals surface area contributed by atoms with E-state index in [9.17, 15) is 0 Å². The molecular weight excluding hydrogens is 256 g/mol. The number of ether oxygens (including phenoxy) is 1. The SMILES string of the molecule is COc1cc(Cl)c(C)c2c1N=C(SC)NC2C. The lowest BCUT2D eigenvalue weighted by atomic mass is 9.98. The number of thioether (sulfide) groups is 1. The van der Waals surface area contributed by atoms with E-state index in [0.717, 1.165) is 32.8 Å². The lowest BCUT2D eigenvalue weighted by molar-refractivity contribution is 0.414. The summed E-state index contributed by atoms with van der Waals surface area (Å²) in [4.78, 5) is 4.57. The minimum Gasteiger partial charge on any atom is -0.494 e. The van der Waals surface area contributed by atoms with Crippen molar-refractivity contribution in [2.45, 2.75) is 19.9 Å². The number of nitrogens with zero attached hydrogens (tertiary/aromatic N) is 1. The van der Waals surface area contributed by atoms with Gasteiger partial charge in [0.25, 0.3) is 0 Å². The van der Waals surface area contributed by atoms with E-state index < -0.39 is 0 Å². The smallest absolute Gasteiger partial charge is 0.162 e. The number of methoxy groups -OCH3 is 1. The van der Waals surface area contributed by atoms with Gasteiger partial charge in [-0.1, -0.05) is 23.4 Å². The summed E-state index contributed by atoms with van der Waals surface area (Å²) in [6.07, 6.45) is 2.00. The largest absolute Gasteiger partial charge is 0.494 e. The van der Waals surface area contributed by atoms with Crippen LogP contribution in [0, 0.1) is 6.92 Å². The molecule has 2 rings (SSSR count). The normalized spacial score (nSPS) is 18.2. The van der Waals surface area contributed by atoms with Gasteiger partial charge < -0.3 is 10.1 Å². The Balaban J connectivity index is 2.69. The maximum atomic E-state index is 6.20. The summed E-state index contributed by atoms with van der Waals surface area (Å²) < 4.78 is 5.36. The van der Waals surface area contributed by atoms with Crippen LogP contribution in [-0.4, -0.2) is 18.5 Å². The number of halogens is 1. The van der Waals surface area contributed by atoms with Crippen molar-refractivity contribution in [3.8, 4) is 5.75 Å². The molecule has 0 aromatic heterocycles. The quantitative estimate of drug-likeness (QED) is 0.845. The Morgan fingerprint density at radius 1 is 1.53 bits per heavy atom. The summed E-state index contributed by atoms with van der Waals surface area (Å²) in [7, 11) is 1.64. The Kier molecular flexibility index (Phi) is 3.54. The van der Waals surface area contributed by atoms with Crippen LogP contribution in [0.1, 0.15) is 24.1 Å². The van der Waals surface area contributed by atoms with Gasteiger partial charge in [0.05, 0.1) is 13.2 Å². The first-order valence-electron chi connectivity index (χ1n) is 5.34. The number of aliphatic imine (C=N–C) groups is 1. The highest BCUT2D eigenvalue weighted by Crippen LogP contribution is 2.43. The van der Waals surface area contributed by atoms with E-state index in [1.165, 1.54) is 0 Å². The van der Waals surface area contributed by atoms with Gasteiger partial charge in [0.1, 0.15) is 11.4 Å². The van der Waals surface area contributed by atoms with Crippen molar-refractivity contribution < 1.29 is 4.74 Å². The fraction of sp³-hybridized carbons (Fsp3) is 0.417. The summed E-state index contributed by atoms with van der Waals surface area (Å²) in [5, 5.41) is 4.97. The molecule has 17 heavy (non-hydrogen) atoms. The minimum atomic E-state index is 0.192. The number of hydrogen-bond acceptors (Lipinski definition) is 4. The van der Waals surface area contributed by atoms with Gasteiger partial charge >= 0.3 is 0 Å². The molecule has 3 nitrogen and oxygen atoms in total. The van der Waals surface area contributed by atoms with Crippen LogP contribution in [-0.2, 0) is 0 Å². The van der Waals surface area contributed by atoms with Crippen LogP contribution in [0.15, 0.2) is 11.1 Å². The van der Waals surface area contributed by atoms with E-state index in [4.69, 9.17) is 16.3 Å². The maximum absolute atomic E-state index is 6.20. The van der Waals surface area contributed by atoms with Crippen LogP contribution in [0.2, 0.25) is 5.02 Å². The summed E-state index contributed by atoms with van der Waals surface area (Å²) in [5.74, 6) is 0.732. The van der Waals surface area contributed by atoms with Gasteiger partial charge in [0.15, 0.2) is 5.17 Å². The van der Waals surface area contributed by atoms with Gasteiger partial charge in [-0.2, -0.15) is 0 Å². The Hall–Kier alpha value is -0.870. The predicted molar refractivity (Wildman–Crippen MR) is 74.9 cm³/mol. The highest BCUT2D eigenvalue weighted by molar-refractivity contribution is 8.13. The van der Waals surface area contributed by atoms with Gasteiger partial charge in [-0.3, -0.25) is 0 Å². The van der Waals surface area contributed by atoms with Gasteiger partial charge in [-0.15, -0.1) is 0 Å². The van der Waals surface area contributed by atoms with E-state index in [-0.39, 0.29) is 6.04 Å². The van der Waals surface area contributed by atoms with Gasteiger partial charge in [-0.25, -0.2) is 4.99 Å². The molecule has 0 bridgehead atoms. The fourth-order valence-electron chi connectivity index (χ4n) is 2.03. The zero-order valence-electron chi connectivity index (χ0n) is 10.3. The highest BCUT2D eigenvalue weighted by Gasteiger charge is 2.24. The predicted octanol–water partition coefficient (Wildman–Crippen LogP) is 3.67. The average Bonchev–Trinajstić information content (AvgIpc) is 2.32. The van der Waals surface area contributed by atoms with E-state index in [2.05, 4.69) is 17.2 Å². The maximum Gasteiger partial charge on any atom is 0.162 e. The van der Waals surface area contributed by atoms with E-state index in [1.807, 2.05) is 19.2 Å². The molecule has 1 N–H and O–H groups in total. The first-order chi connectivity index (χ1) is 8.08. The molecule has 0 saturated carbocycles. The second-order valence-corrected chi connectivity index (χ2v) is 5.14. The number of rotatable bonds is 1. The molecule has 0 fully saturated rings. The molecule has 1 aromatic rings. The Morgan fingerprint density at radius 2 is 2.24 bits per heavy atom. The fourth-order valence-corrected chi connectivity index (χ4v) is 2.71. The van der Waals surface area contributed by atoms with Crippen LogP contribution in [0.3, 0.4) is 0 Å². The summed E-state index contributed by atoms with van der Waals surface area (Å²) in [6.45, 7) is 4.12. The molecule has 0 amide bonds. The van der Waals surface area contributed by atoms with Crippen molar-refractivity contribution in [3.05, 3.63) is 22.2 Å².